The normalized spacial score (nSPS) is 12.6. The number of aliphatic hydroxyl groups is 1. The Morgan fingerprint density at radius 1 is 1.42 bits per heavy atom. The number of aliphatic hydroxyl groups excluding tert-OH is 1. The summed E-state index contributed by atoms with van der Waals surface area (Å²) in [5.41, 5.74) is 0. The van der Waals surface area contributed by atoms with Gasteiger partial charge in [-0.1, -0.05) is 15.9 Å². The molecule has 1 aromatic rings. The predicted molar refractivity (Wildman–Crippen MR) is 51.3 cm³/mol. The first kappa shape index (κ1) is 9.55. The van der Waals surface area contributed by atoms with Crippen LogP contribution in [0.3, 0.4) is 0 Å². The molecule has 0 fully saturated rings. The molecule has 1 N–H and O–H groups in total. The van der Waals surface area contributed by atoms with Gasteiger partial charge in [-0.2, -0.15) is 0 Å². The Morgan fingerprint density at radius 2 is 2.00 bits per heavy atom. The van der Waals surface area contributed by atoms with E-state index in [1.807, 2.05) is 24.3 Å². The van der Waals surface area contributed by atoms with Gasteiger partial charge in [-0.05, 0) is 31.2 Å². The smallest absolute Gasteiger partial charge is 0.119 e. The molecule has 0 aliphatic heterocycles. The zero-order valence-corrected chi connectivity index (χ0v) is 8.41. The van der Waals surface area contributed by atoms with Crippen molar-refractivity contribution in [2.45, 2.75) is 13.0 Å². The van der Waals surface area contributed by atoms with Crippen molar-refractivity contribution in [3.63, 3.8) is 0 Å². The molecule has 0 aliphatic rings. The van der Waals surface area contributed by atoms with E-state index in [9.17, 15) is 0 Å². The largest absolute Gasteiger partial charge is 0.491 e. The second-order valence-corrected chi connectivity index (χ2v) is 3.53. The summed E-state index contributed by atoms with van der Waals surface area (Å²) < 4.78 is 6.27. The van der Waals surface area contributed by atoms with Gasteiger partial charge in [0.05, 0.1) is 6.10 Å². The summed E-state index contributed by atoms with van der Waals surface area (Å²) in [6, 6.07) is 7.51. The van der Waals surface area contributed by atoms with Crippen molar-refractivity contribution in [3.8, 4) is 5.75 Å². The predicted octanol–water partition coefficient (Wildman–Crippen LogP) is 2.21. The molecule has 3 heteroatoms. The van der Waals surface area contributed by atoms with Gasteiger partial charge >= 0.3 is 0 Å². The van der Waals surface area contributed by atoms with Gasteiger partial charge in [-0.25, -0.2) is 0 Å². The van der Waals surface area contributed by atoms with Crippen molar-refractivity contribution in [3.05, 3.63) is 28.7 Å². The number of hydrogen-bond acceptors (Lipinski definition) is 2. The van der Waals surface area contributed by atoms with Crippen LogP contribution in [0, 0.1) is 0 Å². The Labute approximate surface area is 80.3 Å². The minimum Gasteiger partial charge on any atom is -0.491 e. The molecule has 1 atom stereocenters. The van der Waals surface area contributed by atoms with Crippen LogP contribution in [0.15, 0.2) is 28.7 Å². The molecule has 0 bridgehead atoms. The van der Waals surface area contributed by atoms with Crippen LogP contribution < -0.4 is 4.74 Å². The van der Waals surface area contributed by atoms with E-state index in [1.165, 1.54) is 0 Å². The maximum Gasteiger partial charge on any atom is 0.119 e. The highest BCUT2D eigenvalue weighted by Gasteiger charge is 1.96. The average molecular weight is 231 g/mol. The Morgan fingerprint density at radius 3 is 2.50 bits per heavy atom. The lowest BCUT2D eigenvalue weighted by Crippen LogP contribution is -2.12. The summed E-state index contributed by atoms with van der Waals surface area (Å²) >= 11 is 3.32. The monoisotopic (exact) mass is 230 g/mol. The highest BCUT2D eigenvalue weighted by molar-refractivity contribution is 9.10. The minimum atomic E-state index is -0.423. The molecule has 1 aromatic carbocycles. The van der Waals surface area contributed by atoms with E-state index < -0.39 is 6.10 Å². The van der Waals surface area contributed by atoms with Crippen LogP contribution in [0.5, 0.6) is 5.75 Å². The third-order valence-corrected chi connectivity index (χ3v) is 1.83. The lowest BCUT2D eigenvalue weighted by atomic mass is 10.3. The van der Waals surface area contributed by atoms with Crippen LogP contribution in [0.25, 0.3) is 0 Å². The van der Waals surface area contributed by atoms with Crippen LogP contribution in [-0.4, -0.2) is 17.8 Å². The molecule has 1 rings (SSSR count). The van der Waals surface area contributed by atoms with Crippen LogP contribution in [0.1, 0.15) is 6.92 Å². The van der Waals surface area contributed by atoms with Crippen molar-refractivity contribution in [1.29, 1.82) is 0 Å². The molecule has 1 unspecified atom stereocenters. The summed E-state index contributed by atoms with van der Waals surface area (Å²) in [5.74, 6) is 0.777. The molecule has 0 saturated carbocycles. The molecular formula is C9H11BrO2. The standard InChI is InChI=1S/C9H11BrO2/c1-7(11)6-12-9-4-2-8(10)3-5-9/h2-5,7,11H,6H2,1H3. The quantitative estimate of drug-likeness (QED) is 0.864. The SMILES string of the molecule is CC(O)COc1ccc(Br)cc1. The van der Waals surface area contributed by atoms with Crippen molar-refractivity contribution < 1.29 is 9.84 Å². The van der Waals surface area contributed by atoms with E-state index in [-0.39, 0.29) is 0 Å². The summed E-state index contributed by atoms with van der Waals surface area (Å²) in [4.78, 5) is 0. The zero-order valence-electron chi connectivity index (χ0n) is 6.83. The van der Waals surface area contributed by atoms with Gasteiger partial charge < -0.3 is 9.84 Å². The second kappa shape index (κ2) is 4.48. The van der Waals surface area contributed by atoms with Crippen LogP contribution in [0.2, 0.25) is 0 Å². The minimum absolute atomic E-state index is 0.335. The van der Waals surface area contributed by atoms with Gasteiger partial charge in [0, 0.05) is 4.47 Å². The van der Waals surface area contributed by atoms with Gasteiger partial charge in [0.25, 0.3) is 0 Å². The molecule has 0 heterocycles. The molecule has 0 radical (unpaired) electrons. The van der Waals surface area contributed by atoms with E-state index in [0.717, 1.165) is 10.2 Å². The number of hydrogen-bond donors (Lipinski definition) is 1. The highest BCUT2D eigenvalue weighted by Crippen LogP contribution is 2.15. The fourth-order valence-corrected chi connectivity index (χ4v) is 1.01. The summed E-state index contributed by atoms with van der Waals surface area (Å²) in [7, 11) is 0. The fourth-order valence-electron chi connectivity index (χ4n) is 0.748. The van der Waals surface area contributed by atoms with Crippen molar-refractivity contribution in [1.82, 2.24) is 0 Å². The summed E-state index contributed by atoms with van der Waals surface area (Å²) in [6.07, 6.45) is -0.423. The lowest BCUT2D eigenvalue weighted by molar-refractivity contribution is 0.122. The Balaban J connectivity index is 2.48. The first-order valence-corrected chi connectivity index (χ1v) is 4.54. The average Bonchev–Trinajstić information content (AvgIpc) is 2.03. The van der Waals surface area contributed by atoms with E-state index in [0.29, 0.717) is 6.61 Å². The van der Waals surface area contributed by atoms with Gasteiger partial charge in [-0.3, -0.25) is 0 Å². The Bertz CT molecular complexity index is 231. The lowest BCUT2D eigenvalue weighted by Gasteiger charge is -2.07. The van der Waals surface area contributed by atoms with Crippen molar-refractivity contribution >= 4 is 15.9 Å². The molecule has 0 aliphatic carbocycles. The molecule has 2 nitrogen and oxygen atoms in total. The second-order valence-electron chi connectivity index (χ2n) is 2.61. The molecule has 0 amide bonds. The number of benzene rings is 1. The maximum absolute atomic E-state index is 8.93. The van der Waals surface area contributed by atoms with Crippen LogP contribution in [0.4, 0.5) is 0 Å². The number of ether oxygens (including phenoxy) is 1. The summed E-state index contributed by atoms with van der Waals surface area (Å²) in [5, 5.41) is 8.93. The molecule has 12 heavy (non-hydrogen) atoms. The van der Waals surface area contributed by atoms with E-state index >= 15 is 0 Å². The molecule has 0 saturated heterocycles. The van der Waals surface area contributed by atoms with Crippen molar-refractivity contribution in [2.75, 3.05) is 6.61 Å². The third kappa shape index (κ3) is 3.24. The van der Waals surface area contributed by atoms with Gasteiger partial charge in [0.1, 0.15) is 12.4 Å². The van der Waals surface area contributed by atoms with Gasteiger partial charge in [-0.15, -0.1) is 0 Å². The zero-order chi connectivity index (χ0) is 8.97. The first-order valence-electron chi connectivity index (χ1n) is 3.75. The van der Waals surface area contributed by atoms with Crippen molar-refractivity contribution in [2.24, 2.45) is 0 Å². The molecule has 0 spiro atoms. The van der Waals surface area contributed by atoms with Gasteiger partial charge in [0.15, 0.2) is 0 Å². The fraction of sp³-hybridized carbons (Fsp3) is 0.333. The van der Waals surface area contributed by atoms with E-state index in [4.69, 9.17) is 9.84 Å². The maximum atomic E-state index is 8.93. The van der Waals surface area contributed by atoms with E-state index in [2.05, 4.69) is 15.9 Å². The first-order chi connectivity index (χ1) is 5.68. The number of rotatable bonds is 3. The Kier molecular flexibility index (Phi) is 3.56. The summed E-state index contributed by atoms with van der Waals surface area (Å²) in [6.45, 7) is 2.03. The highest BCUT2D eigenvalue weighted by atomic mass is 79.9. The molecule has 66 valence electrons. The van der Waals surface area contributed by atoms with Gasteiger partial charge in [0.2, 0.25) is 0 Å². The molecule has 0 aromatic heterocycles. The number of halogens is 1. The van der Waals surface area contributed by atoms with Crippen LogP contribution in [-0.2, 0) is 0 Å². The molecular weight excluding hydrogens is 220 g/mol. The topological polar surface area (TPSA) is 29.5 Å². The van der Waals surface area contributed by atoms with E-state index in [1.54, 1.807) is 6.92 Å². The third-order valence-electron chi connectivity index (χ3n) is 1.30. The van der Waals surface area contributed by atoms with Crippen LogP contribution >= 0.6 is 15.9 Å². The Hall–Kier alpha value is -0.540.